The number of carbonyl (C=O) groups excluding carboxylic acids is 1. The number of fused-ring (bicyclic) bond motifs is 1. The summed E-state index contributed by atoms with van der Waals surface area (Å²) in [5.74, 6) is 1.09. The van der Waals surface area contributed by atoms with Crippen molar-refractivity contribution in [3.8, 4) is 28.4 Å². The molecule has 0 aliphatic rings. The van der Waals surface area contributed by atoms with Gasteiger partial charge in [-0.25, -0.2) is 0 Å². The first-order chi connectivity index (χ1) is 19.8. The van der Waals surface area contributed by atoms with E-state index in [1.165, 1.54) is 12.3 Å². The third-order valence-corrected chi connectivity index (χ3v) is 6.34. The van der Waals surface area contributed by atoms with Crippen LogP contribution in [0.15, 0.2) is 103 Å². The van der Waals surface area contributed by atoms with E-state index in [2.05, 4.69) is 4.98 Å². The molecular weight excluding hydrogens is 531 g/mol. The second kappa shape index (κ2) is 12.1. The molecule has 208 valence electrons. The molecule has 41 heavy (non-hydrogen) atoms. The van der Waals surface area contributed by atoms with Crippen molar-refractivity contribution in [3.63, 3.8) is 0 Å². The molecule has 0 N–H and O–H groups in total. The lowest BCUT2D eigenvalue weighted by molar-refractivity contribution is -0.142. The van der Waals surface area contributed by atoms with Crippen LogP contribution in [0.25, 0.3) is 22.0 Å². The lowest BCUT2D eigenvalue weighted by atomic mass is 9.98. The summed E-state index contributed by atoms with van der Waals surface area (Å²) < 4.78 is 58.6. The molecular formula is C33H26F3NO4. The average Bonchev–Trinajstić information content (AvgIpc) is 2.96. The van der Waals surface area contributed by atoms with Crippen LogP contribution in [0.4, 0.5) is 13.2 Å². The molecule has 0 fully saturated rings. The Labute approximate surface area is 235 Å². The van der Waals surface area contributed by atoms with Gasteiger partial charge >= 0.3 is 12.1 Å². The van der Waals surface area contributed by atoms with Crippen molar-refractivity contribution < 1.29 is 32.2 Å². The van der Waals surface area contributed by atoms with Crippen LogP contribution in [0.2, 0.25) is 0 Å². The van der Waals surface area contributed by atoms with Gasteiger partial charge in [0.05, 0.1) is 30.3 Å². The molecule has 5 rings (SSSR count). The number of aromatic nitrogens is 1. The van der Waals surface area contributed by atoms with Crippen LogP contribution >= 0.6 is 0 Å². The van der Waals surface area contributed by atoms with Gasteiger partial charge in [0.25, 0.3) is 0 Å². The van der Waals surface area contributed by atoms with Crippen LogP contribution < -0.4 is 9.47 Å². The van der Waals surface area contributed by atoms with E-state index < -0.39 is 11.7 Å². The van der Waals surface area contributed by atoms with Crippen molar-refractivity contribution >= 4 is 16.9 Å². The summed E-state index contributed by atoms with van der Waals surface area (Å²) in [7, 11) is 0. The van der Waals surface area contributed by atoms with Crippen molar-refractivity contribution in [1.29, 1.82) is 0 Å². The smallest absolute Gasteiger partial charge is 0.418 e. The number of para-hydroxylation sites is 2. The Morgan fingerprint density at radius 1 is 0.829 bits per heavy atom. The first kappa shape index (κ1) is 27.7. The molecule has 0 spiro atoms. The summed E-state index contributed by atoms with van der Waals surface area (Å²) >= 11 is 0. The summed E-state index contributed by atoms with van der Waals surface area (Å²) in [6, 6.07) is 27.5. The Morgan fingerprint density at radius 2 is 1.54 bits per heavy atom. The van der Waals surface area contributed by atoms with Gasteiger partial charge in [0, 0.05) is 10.9 Å². The maximum Gasteiger partial charge on any atom is 0.418 e. The third kappa shape index (κ3) is 6.66. The number of alkyl halides is 3. The Kier molecular flexibility index (Phi) is 8.19. The van der Waals surface area contributed by atoms with E-state index in [-0.39, 0.29) is 24.5 Å². The fraction of sp³-hybridized carbons (Fsp3) is 0.152. The lowest BCUT2D eigenvalue weighted by Crippen LogP contribution is -2.07. The predicted molar refractivity (Wildman–Crippen MR) is 150 cm³/mol. The molecule has 0 atom stereocenters. The van der Waals surface area contributed by atoms with Crippen molar-refractivity contribution in [1.82, 2.24) is 4.98 Å². The Balaban J connectivity index is 1.46. The number of rotatable bonds is 9. The third-order valence-electron chi connectivity index (χ3n) is 6.34. The van der Waals surface area contributed by atoms with Crippen LogP contribution in [-0.2, 0) is 28.7 Å². The summed E-state index contributed by atoms with van der Waals surface area (Å²) in [5.41, 5.74) is 1.83. The van der Waals surface area contributed by atoms with Gasteiger partial charge in [-0.15, -0.1) is 0 Å². The molecule has 1 aromatic heterocycles. The quantitative estimate of drug-likeness (QED) is 0.170. The second-order valence-electron chi connectivity index (χ2n) is 9.23. The Morgan fingerprint density at radius 3 is 2.27 bits per heavy atom. The van der Waals surface area contributed by atoms with Crippen LogP contribution in [0.3, 0.4) is 0 Å². The number of benzene rings is 4. The largest absolute Gasteiger partial charge is 0.489 e. The van der Waals surface area contributed by atoms with E-state index >= 15 is 0 Å². The highest BCUT2D eigenvalue weighted by molar-refractivity contribution is 5.99. The van der Waals surface area contributed by atoms with Crippen molar-refractivity contribution in [2.75, 3.05) is 6.61 Å². The zero-order valence-corrected chi connectivity index (χ0v) is 22.2. The van der Waals surface area contributed by atoms with E-state index in [1.807, 2.05) is 42.5 Å². The maximum atomic E-state index is 13.8. The van der Waals surface area contributed by atoms with Gasteiger partial charge in [-0.1, -0.05) is 66.7 Å². The number of hydrogen-bond donors (Lipinski definition) is 0. The van der Waals surface area contributed by atoms with Gasteiger partial charge in [0.1, 0.15) is 18.1 Å². The monoisotopic (exact) mass is 557 g/mol. The number of ether oxygens (including phenoxy) is 3. The van der Waals surface area contributed by atoms with Gasteiger partial charge in [0.15, 0.2) is 5.75 Å². The summed E-state index contributed by atoms with van der Waals surface area (Å²) in [6.07, 6.45) is -3.05. The molecule has 0 saturated carbocycles. The van der Waals surface area contributed by atoms with E-state index in [9.17, 15) is 18.0 Å². The highest BCUT2D eigenvalue weighted by Crippen LogP contribution is 2.42. The standard InChI is InChI=1S/C33H26F3NO4/c1-2-39-30(38)18-22-14-16-23(17-15-22)21-40-26-11-6-8-24(19-26)31-27-12-7-13-28(33(34,35)36)32(27)37-20-29(31)41-25-9-4-3-5-10-25/h3-17,19-20H,2,18,21H2,1H3. The summed E-state index contributed by atoms with van der Waals surface area (Å²) in [5, 5.41) is 0.308. The fourth-order valence-corrected chi connectivity index (χ4v) is 4.46. The topological polar surface area (TPSA) is 57.7 Å². The molecule has 0 aliphatic heterocycles. The zero-order chi connectivity index (χ0) is 28.8. The van der Waals surface area contributed by atoms with Crippen LogP contribution in [-0.4, -0.2) is 17.6 Å². The zero-order valence-electron chi connectivity index (χ0n) is 22.2. The number of halogens is 3. The normalized spacial score (nSPS) is 11.3. The minimum absolute atomic E-state index is 0.162. The number of carbonyl (C=O) groups is 1. The van der Waals surface area contributed by atoms with Gasteiger partial charge in [-0.2, -0.15) is 13.2 Å². The Hall–Kier alpha value is -4.85. The van der Waals surface area contributed by atoms with Gasteiger partial charge in [0.2, 0.25) is 0 Å². The molecule has 4 aromatic carbocycles. The minimum atomic E-state index is -4.57. The molecule has 0 bridgehead atoms. The van der Waals surface area contributed by atoms with Crippen molar-refractivity contribution in [2.45, 2.75) is 26.1 Å². The van der Waals surface area contributed by atoms with E-state index in [0.29, 0.717) is 40.4 Å². The molecule has 5 aromatic rings. The summed E-state index contributed by atoms with van der Waals surface area (Å²) in [6.45, 7) is 2.36. The van der Waals surface area contributed by atoms with Gasteiger partial charge in [-0.3, -0.25) is 9.78 Å². The van der Waals surface area contributed by atoms with Gasteiger partial charge < -0.3 is 14.2 Å². The Bertz CT molecular complexity index is 1650. The average molecular weight is 558 g/mol. The second-order valence-corrected chi connectivity index (χ2v) is 9.23. The van der Waals surface area contributed by atoms with E-state index in [4.69, 9.17) is 14.2 Å². The van der Waals surface area contributed by atoms with Crippen LogP contribution in [0.1, 0.15) is 23.6 Å². The number of hydrogen-bond acceptors (Lipinski definition) is 5. The van der Waals surface area contributed by atoms with Crippen molar-refractivity contribution in [2.24, 2.45) is 0 Å². The first-order valence-corrected chi connectivity index (χ1v) is 13.0. The van der Waals surface area contributed by atoms with Crippen LogP contribution in [0.5, 0.6) is 17.2 Å². The first-order valence-electron chi connectivity index (χ1n) is 13.0. The molecule has 0 unspecified atom stereocenters. The lowest BCUT2D eigenvalue weighted by Gasteiger charge is -2.17. The SMILES string of the molecule is CCOC(=O)Cc1ccc(COc2cccc(-c3c(Oc4ccccc4)cnc4c(C(F)(F)F)cccc34)c2)cc1. The highest BCUT2D eigenvalue weighted by Gasteiger charge is 2.34. The molecule has 0 amide bonds. The van der Waals surface area contributed by atoms with Gasteiger partial charge in [-0.05, 0) is 53.9 Å². The number of pyridine rings is 1. The maximum absolute atomic E-state index is 13.8. The molecule has 0 radical (unpaired) electrons. The fourth-order valence-electron chi connectivity index (χ4n) is 4.46. The van der Waals surface area contributed by atoms with E-state index in [1.54, 1.807) is 49.4 Å². The molecule has 1 heterocycles. The number of nitrogens with zero attached hydrogens (tertiary/aromatic N) is 1. The minimum Gasteiger partial charge on any atom is -0.489 e. The molecule has 8 heteroatoms. The molecule has 5 nitrogen and oxygen atoms in total. The predicted octanol–water partition coefficient (Wildman–Crippen LogP) is 8.40. The molecule has 0 aliphatic carbocycles. The highest BCUT2D eigenvalue weighted by atomic mass is 19.4. The van der Waals surface area contributed by atoms with E-state index in [0.717, 1.165) is 17.2 Å². The summed E-state index contributed by atoms with van der Waals surface area (Å²) in [4.78, 5) is 15.9. The molecule has 0 saturated heterocycles. The van der Waals surface area contributed by atoms with Crippen LogP contribution in [0, 0.1) is 0 Å². The van der Waals surface area contributed by atoms with Crippen molar-refractivity contribution in [3.05, 3.63) is 120 Å². The number of esters is 1.